The lowest BCUT2D eigenvalue weighted by atomic mass is 10.2. The standard InChI is InChI=1S/C15H14F3NO3S2/c1-2-11-5-6-12(23-11)9-19-14(20)10-3-7-13(8-4-10)24(21,22)15(16,17)18/h3-8H,2,9H2,1H3,(H,19,20). The zero-order chi connectivity index (χ0) is 18.0. The van der Waals surface area contributed by atoms with Crippen LogP contribution in [0.15, 0.2) is 41.3 Å². The molecule has 24 heavy (non-hydrogen) atoms. The summed E-state index contributed by atoms with van der Waals surface area (Å²) in [6.07, 6.45) is 0.897. The van der Waals surface area contributed by atoms with E-state index in [1.165, 1.54) is 4.88 Å². The highest BCUT2D eigenvalue weighted by Crippen LogP contribution is 2.30. The topological polar surface area (TPSA) is 63.2 Å². The van der Waals surface area contributed by atoms with Crippen molar-refractivity contribution < 1.29 is 26.4 Å². The average Bonchev–Trinajstić information content (AvgIpc) is 2.99. The first-order chi connectivity index (χ1) is 11.1. The molecule has 0 aliphatic rings. The molecule has 0 saturated heterocycles. The number of rotatable bonds is 5. The Morgan fingerprint density at radius 1 is 1.08 bits per heavy atom. The summed E-state index contributed by atoms with van der Waals surface area (Å²) in [6, 6.07) is 7.52. The monoisotopic (exact) mass is 377 g/mol. The van der Waals surface area contributed by atoms with Crippen molar-refractivity contribution in [1.29, 1.82) is 0 Å². The third kappa shape index (κ3) is 3.96. The molecule has 0 atom stereocenters. The van der Waals surface area contributed by atoms with Crippen LogP contribution in [0.25, 0.3) is 0 Å². The fourth-order valence-electron chi connectivity index (χ4n) is 1.90. The molecular weight excluding hydrogens is 363 g/mol. The molecule has 0 fully saturated rings. The zero-order valence-corrected chi connectivity index (χ0v) is 14.2. The minimum atomic E-state index is -5.40. The summed E-state index contributed by atoms with van der Waals surface area (Å²) in [6.45, 7) is 2.32. The van der Waals surface area contributed by atoms with Gasteiger partial charge in [0.2, 0.25) is 0 Å². The van der Waals surface area contributed by atoms with Crippen LogP contribution in [0.4, 0.5) is 13.2 Å². The first kappa shape index (κ1) is 18.5. The molecule has 0 spiro atoms. The molecule has 9 heteroatoms. The maximum Gasteiger partial charge on any atom is 0.501 e. The van der Waals surface area contributed by atoms with E-state index in [2.05, 4.69) is 5.32 Å². The number of hydrogen-bond donors (Lipinski definition) is 1. The van der Waals surface area contributed by atoms with E-state index in [0.29, 0.717) is 6.54 Å². The van der Waals surface area contributed by atoms with Crippen LogP contribution in [0.5, 0.6) is 0 Å². The highest BCUT2D eigenvalue weighted by molar-refractivity contribution is 7.92. The third-order valence-corrected chi connectivity index (χ3v) is 5.95. The van der Waals surface area contributed by atoms with Crippen LogP contribution < -0.4 is 5.32 Å². The maximum absolute atomic E-state index is 12.5. The second kappa shape index (κ2) is 6.94. The molecule has 2 rings (SSSR count). The largest absolute Gasteiger partial charge is 0.501 e. The molecule has 130 valence electrons. The van der Waals surface area contributed by atoms with Crippen LogP contribution in [0.2, 0.25) is 0 Å². The zero-order valence-electron chi connectivity index (χ0n) is 12.6. The Morgan fingerprint density at radius 3 is 2.17 bits per heavy atom. The van der Waals surface area contributed by atoms with Crippen molar-refractivity contribution in [3.8, 4) is 0 Å². The number of carbonyl (C=O) groups is 1. The lowest BCUT2D eigenvalue weighted by molar-refractivity contribution is -0.0436. The van der Waals surface area contributed by atoms with Gasteiger partial charge in [0.05, 0.1) is 11.4 Å². The van der Waals surface area contributed by atoms with Gasteiger partial charge in [0.25, 0.3) is 15.7 Å². The van der Waals surface area contributed by atoms with Crippen molar-refractivity contribution in [3.05, 3.63) is 51.7 Å². The molecule has 1 heterocycles. The van der Waals surface area contributed by atoms with E-state index in [4.69, 9.17) is 0 Å². The van der Waals surface area contributed by atoms with Crippen LogP contribution in [0, 0.1) is 0 Å². The van der Waals surface area contributed by atoms with E-state index in [-0.39, 0.29) is 5.56 Å². The number of hydrogen-bond acceptors (Lipinski definition) is 4. The van der Waals surface area contributed by atoms with E-state index in [1.54, 1.807) is 11.3 Å². The molecule has 0 unspecified atom stereocenters. The summed E-state index contributed by atoms with van der Waals surface area (Å²) < 4.78 is 59.9. The minimum Gasteiger partial charge on any atom is -0.347 e. The Balaban J connectivity index is 2.06. The molecule has 0 radical (unpaired) electrons. The second-order valence-corrected chi connectivity index (χ2v) is 8.07. The van der Waals surface area contributed by atoms with Gasteiger partial charge in [-0.1, -0.05) is 6.92 Å². The summed E-state index contributed by atoms with van der Waals surface area (Å²) >= 11 is 1.56. The summed E-state index contributed by atoms with van der Waals surface area (Å²) in [5.74, 6) is -0.489. The molecule has 0 aliphatic carbocycles. The molecule has 0 saturated carbocycles. The highest BCUT2D eigenvalue weighted by atomic mass is 32.2. The number of aryl methyl sites for hydroxylation is 1. The lowest BCUT2D eigenvalue weighted by Gasteiger charge is -2.09. The van der Waals surface area contributed by atoms with Crippen molar-refractivity contribution in [1.82, 2.24) is 5.32 Å². The number of thiophene rings is 1. The summed E-state index contributed by atoms with van der Waals surface area (Å²) in [7, 11) is -5.40. The Hall–Kier alpha value is -1.87. The first-order valence-electron chi connectivity index (χ1n) is 6.92. The average molecular weight is 377 g/mol. The van der Waals surface area contributed by atoms with E-state index in [1.807, 2.05) is 19.1 Å². The number of carbonyl (C=O) groups excluding carboxylic acids is 1. The molecular formula is C15H14F3NO3S2. The van der Waals surface area contributed by atoms with Crippen molar-refractivity contribution in [2.45, 2.75) is 30.3 Å². The van der Waals surface area contributed by atoms with Crippen molar-refractivity contribution in [2.24, 2.45) is 0 Å². The van der Waals surface area contributed by atoms with Gasteiger partial charge < -0.3 is 5.32 Å². The van der Waals surface area contributed by atoms with Crippen LogP contribution in [0.3, 0.4) is 0 Å². The van der Waals surface area contributed by atoms with E-state index in [0.717, 1.165) is 35.6 Å². The minimum absolute atomic E-state index is 0.0865. The number of halogens is 3. The summed E-state index contributed by atoms with van der Waals surface area (Å²) in [5, 5.41) is 2.64. The predicted octanol–water partition coefficient (Wildman–Crippen LogP) is 3.53. The molecule has 4 nitrogen and oxygen atoms in total. The smallest absolute Gasteiger partial charge is 0.347 e. The number of sulfone groups is 1. The van der Waals surface area contributed by atoms with E-state index < -0.39 is 26.1 Å². The van der Waals surface area contributed by atoms with Crippen LogP contribution in [-0.2, 0) is 22.8 Å². The van der Waals surface area contributed by atoms with E-state index in [9.17, 15) is 26.4 Å². The quantitative estimate of drug-likeness (QED) is 0.867. The first-order valence-corrected chi connectivity index (χ1v) is 9.22. The molecule has 1 amide bonds. The summed E-state index contributed by atoms with van der Waals surface area (Å²) in [4.78, 5) is 13.2. The van der Waals surface area contributed by atoms with Gasteiger partial charge in [0.15, 0.2) is 0 Å². The lowest BCUT2D eigenvalue weighted by Crippen LogP contribution is -2.24. The number of alkyl halides is 3. The van der Waals surface area contributed by atoms with Gasteiger partial charge >= 0.3 is 5.51 Å². The Morgan fingerprint density at radius 2 is 1.67 bits per heavy atom. The van der Waals surface area contributed by atoms with Crippen molar-refractivity contribution >= 4 is 27.1 Å². The molecule has 1 aromatic heterocycles. The normalized spacial score (nSPS) is 12.2. The summed E-state index contributed by atoms with van der Waals surface area (Å²) in [5.41, 5.74) is -5.28. The number of nitrogens with one attached hydrogen (secondary N) is 1. The maximum atomic E-state index is 12.5. The van der Waals surface area contributed by atoms with Crippen LogP contribution in [-0.4, -0.2) is 19.8 Å². The molecule has 0 aliphatic heterocycles. The fourth-order valence-corrected chi connectivity index (χ4v) is 3.56. The van der Waals surface area contributed by atoms with Crippen molar-refractivity contribution in [2.75, 3.05) is 0 Å². The Labute approximate surface area is 141 Å². The molecule has 2 aromatic rings. The van der Waals surface area contributed by atoms with Gasteiger partial charge in [0, 0.05) is 15.3 Å². The van der Waals surface area contributed by atoms with Crippen molar-refractivity contribution in [3.63, 3.8) is 0 Å². The van der Waals surface area contributed by atoms with Gasteiger partial charge in [-0.05, 0) is 42.8 Å². The van der Waals surface area contributed by atoms with Gasteiger partial charge in [-0.25, -0.2) is 8.42 Å². The second-order valence-electron chi connectivity index (χ2n) is 4.88. The Bertz CT molecular complexity index is 824. The fraction of sp³-hybridized carbons (Fsp3) is 0.267. The SMILES string of the molecule is CCc1ccc(CNC(=O)c2ccc(S(=O)(=O)C(F)(F)F)cc2)s1. The molecule has 1 N–H and O–H groups in total. The Kier molecular flexibility index (Phi) is 5.34. The highest BCUT2D eigenvalue weighted by Gasteiger charge is 2.46. The predicted molar refractivity (Wildman–Crippen MR) is 84.6 cm³/mol. The van der Waals surface area contributed by atoms with E-state index >= 15 is 0 Å². The molecule has 0 bridgehead atoms. The van der Waals surface area contributed by atoms with Gasteiger partial charge in [0.1, 0.15) is 0 Å². The van der Waals surface area contributed by atoms with Crippen LogP contribution >= 0.6 is 11.3 Å². The molecule has 1 aromatic carbocycles. The van der Waals surface area contributed by atoms with Gasteiger partial charge in [-0.3, -0.25) is 4.79 Å². The van der Waals surface area contributed by atoms with Crippen LogP contribution in [0.1, 0.15) is 27.0 Å². The third-order valence-electron chi connectivity index (χ3n) is 3.22. The number of amides is 1. The number of benzene rings is 1. The van der Waals surface area contributed by atoms with Gasteiger partial charge in [-0.2, -0.15) is 13.2 Å². The van der Waals surface area contributed by atoms with Gasteiger partial charge in [-0.15, -0.1) is 11.3 Å².